The van der Waals surface area contributed by atoms with Crippen LogP contribution in [0.4, 0.5) is 0 Å². The van der Waals surface area contributed by atoms with Crippen molar-refractivity contribution in [2.45, 2.75) is 83.7 Å². The fourth-order valence-corrected chi connectivity index (χ4v) is 4.01. The number of hydrogen-bond donors (Lipinski definition) is 2. The zero-order chi connectivity index (χ0) is 14.5. The second-order valence-electron chi connectivity index (χ2n) is 7.18. The second kappa shape index (κ2) is 7.44. The Kier molecular flexibility index (Phi) is 5.88. The Morgan fingerprint density at radius 1 is 1.05 bits per heavy atom. The molecule has 0 bridgehead atoms. The zero-order valence-electron chi connectivity index (χ0n) is 13.2. The fraction of sp³-hybridized carbons (Fsp3) is 0.941. The lowest BCUT2D eigenvalue weighted by Gasteiger charge is -2.33. The molecule has 2 saturated carbocycles. The van der Waals surface area contributed by atoms with Crippen LogP contribution in [0.25, 0.3) is 0 Å². The van der Waals surface area contributed by atoms with E-state index < -0.39 is 0 Å². The summed E-state index contributed by atoms with van der Waals surface area (Å²) in [6.07, 6.45) is 10.9. The minimum atomic E-state index is 0.153. The Bertz CT molecular complexity index is 312. The Morgan fingerprint density at radius 3 is 2.40 bits per heavy atom. The van der Waals surface area contributed by atoms with Crippen LogP contribution >= 0.6 is 0 Å². The van der Waals surface area contributed by atoms with Gasteiger partial charge in [0, 0.05) is 18.0 Å². The highest BCUT2D eigenvalue weighted by Gasteiger charge is 2.29. The van der Waals surface area contributed by atoms with Gasteiger partial charge in [-0.3, -0.25) is 4.79 Å². The van der Waals surface area contributed by atoms with Gasteiger partial charge in [0.15, 0.2) is 0 Å². The van der Waals surface area contributed by atoms with Crippen molar-refractivity contribution in [1.82, 2.24) is 5.32 Å². The first-order chi connectivity index (χ1) is 9.58. The van der Waals surface area contributed by atoms with Crippen LogP contribution < -0.4 is 11.1 Å². The maximum absolute atomic E-state index is 12.4. The third-order valence-corrected chi connectivity index (χ3v) is 5.64. The molecule has 3 N–H and O–H groups in total. The average Bonchev–Trinajstić information content (AvgIpc) is 2.47. The van der Waals surface area contributed by atoms with Crippen LogP contribution in [0.3, 0.4) is 0 Å². The lowest BCUT2D eigenvalue weighted by atomic mass is 9.77. The number of carbonyl (C=O) groups is 1. The van der Waals surface area contributed by atoms with Crippen LogP contribution in [-0.4, -0.2) is 18.0 Å². The summed E-state index contributed by atoms with van der Waals surface area (Å²) in [5.74, 6) is 1.79. The maximum Gasteiger partial charge on any atom is 0.223 e. The van der Waals surface area contributed by atoms with Crippen molar-refractivity contribution in [3.63, 3.8) is 0 Å². The average molecular weight is 280 g/mol. The lowest BCUT2D eigenvalue weighted by Crippen LogP contribution is -2.45. The number of hydrogen-bond acceptors (Lipinski definition) is 2. The second-order valence-corrected chi connectivity index (χ2v) is 7.18. The van der Waals surface area contributed by atoms with Gasteiger partial charge in [0.2, 0.25) is 5.91 Å². The third kappa shape index (κ3) is 4.21. The molecule has 0 radical (unpaired) electrons. The van der Waals surface area contributed by atoms with Crippen LogP contribution in [0.5, 0.6) is 0 Å². The summed E-state index contributed by atoms with van der Waals surface area (Å²) in [7, 11) is 0. The molecule has 1 amide bonds. The van der Waals surface area contributed by atoms with Crippen molar-refractivity contribution in [3.8, 4) is 0 Å². The van der Waals surface area contributed by atoms with Gasteiger partial charge >= 0.3 is 0 Å². The van der Waals surface area contributed by atoms with E-state index in [4.69, 9.17) is 5.73 Å². The number of nitrogens with one attached hydrogen (secondary N) is 1. The summed E-state index contributed by atoms with van der Waals surface area (Å²) >= 11 is 0. The molecule has 0 saturated heterocycles. The van der Waals surface area contributed by atoms with Gasteiger partial charge in [0.1, 0.15) is 0 Å². The molecule has 3 nitrogen and oxygen atoms in total. The van der Waals surface area contributed by atoms with E-state index >= 15 is 0 Å². The molecule has 0 aliphatic heterocycles. The molecule has 4 atom stereocenters. The van der Waals surface area contributed by atoms with Gasteiger partial charge in [0.25, 0.3) is 0 Å². The largest absolute Gasteiger partial charge is 0.353 e. The zero-order valence-corrected chi connectivity index (χ0v) is 13.2. The molecule has 2 aliphatic carbocycles. The first-order valence-electron chi connectivity index (χ1n) is 8.64. The molecule has 0 aromatic heterocycles. The standard InChI is InChI=1S/C17H32N2O/c1-12(14-7-4-3-5-8-14)13(2)19-17(20)15-9-6-10-16(18)11-15/h12-16H,3-11,18H2,1-2H3,(H,19,20). The van der Waals surface area contributed by atoms with Crippen molar-refractivity contribution in [2.75, 3.05) is 0 Å². The molecule has 20 heavy (non-hydrogen) atoms. The predicted molar refractivity (Wildman–Crippen MR) is 83.3 cm³/mol. The van der Waals surface area contributed by atoms with E-state index in [-0.39, 0.29) is 17.9 Å². The summed E-state index contributed by atoms with van der Waals surface area (Å²) in [5, 5.41) is 3.27. The smallest absolute Gasteiger partial charge is 0.223 e. The highest BCUT2D eigenvalue weighted by molar-refractivity contribution is 5.79. The van der Waals surface area contributed by atoms with Gasteiger partial charge < -0.3 is 11.1 Å². The Morgan fingerprint density at radius 2 is 1.75 bits per heavy atom. The topological polar surface area (TPSA) is 55.1 Å². The lowest BCUT2D eigenvalue weighted by molar-refractivity contribution is -0.127. The fourth-order valence-electron chi connectivity index (χ4n) is 4.01. The van der Waals surface area contributed by atoms with Crippen LogP contribution in [0.1, 0.15) is 71.6 Å². The summed E-state index contributed by atoms with van der Waals surface area (Å²) in [5.41, 5.74) is 5.99. The van der Waals surface area contributed by atoms with E-state index in [9.17, 15) is 4.79 Å². The van der Waals surface area contributed by atoms with Gasteiger partial charge in [-0.1, -0.05) is 45.4 Å². The minimum Gasteiger partial charge on any atom is -0.353 e. The van der Waals surface area contributed by atoms with Gasteiger partial charge in [-0.05, 0) is 38.0 Å². The number of amides is 1. The highest BCUT2D eigenvalue weighted by atomic mass is 16.1. The first kappa shape index (κ1) is 15.8. The molecule has 3 heteroatoms. The summed E-state index contributed by atoms with van der Waals surface area (Å²) in [4.78, 5) is 12.4. The summed E-state index contributed by atoms with van der Waals surface area (Å²) < 4.78 is 0. The molecule has 0 aromatic rings. The quantitative estimate of drug-likeness (QED) is 0.830. The molecule has 116 valence electrons. The molecular weight excluding hydrogens is 248 g/mol. The summed E-state index contributed by atoms with van der Waals surface area (Å²) in [6, 6.07) is 0.523. The molecular formula is C17H32N2O. The van der Waals surface area contributed by atoms with E-state index in [1.54, 1.807) is 0 Å². The number of carbonyl (C=O) groups excluding carboxylic acids is 1. The van der Waals surface area contributed by atoms with E-state index in [0.29, 0.717) is 12.0 Å². The number of rotatable bonds is 4. The first-order valence-corrected chi connectivity index (χ1v) is 8.64. The van der Waals surface area contributed by atoms with Crippen molar-refractivity contribution in [1.29, 1.82) is 0 Å². The molecule has 4 unspecified atom stereocenters. The van der Waals surface area contributed by atoms with Gasteiger partial charge in [-0.2, -0.15) is 0 Å². The predicted octanol–water partition coefficient (Wildman–Crippen LogP) is 3.23. The van der Waals surface area contributed by atoms with E-state index in [0.717, 1.165) is 31.6 Å². The monoisotopic (exact) mass is 280 g/mol. The van der Waals surface area contributed by atoms with Crippen molar-refractivity contribution < 1.29 is 4.79 Å². The normalized spacial score (nSPS) is 31.6. The van der Waals surface area contributed by atoms with E-state index in [2.05, 4.69) is 19.2 Å². The van der Waals surface area contributed by atoms with E-state index in [1.165, 1.54) is 32.1 Å². The molecule has 2 fully saturated rings. The Labute approximate surface area is 124 Å². The molecule has 2 aliphatic rings. The van der Waals surface area contributed by atoms with Crippen LogP contribution in [0.2, 0.25) is 0 Å². The molecule has 0 heterocycles. The molecule has 0 spiro atoms. The summed E-state index contributed by atoms with van der Waals surface area (Å²) in [6.45, 7) is 4.49. The molecule has 2 rings (SSSR count). The van der Waals surface area contributed by atoms with Crippen LogP contribution in [-0.2, 0) is 4.79 Å². The maximum atomic E-state index is 12.4. The number of nitrogens with two attached hydrogens (primary N) is 1. The highest BCUT2D eigenvalue weighted by Crippen LogP contribution is 2.32. The van der Waals surface area contributed by atoms with Crippen molar-refractivity contribution in [2.24, 2.45) is 23.5 Å². The third-order valence-electron chi connectivity index (χ3n) is 5.64. The van der Waals surface area contributed by atoms with Crippen LogP contribution in [0.15, 0.2) is 0 Å². The van der Waals surface area contributed by atoms with Crippen molar-refractivity contribution >= 4 is 5.91 Å². The van der Waals surface area contributed by atoms with Gasteiger partial charge in [-0.25, -0.2) is 0 Å². The van der Waals surface area contributed by atoms with Gasteiger partial charge in [0.05, 0.1) is 0 Å². The van der Waals surface area contributed by atoms with E-state index in [1.807, 2.05) is 0 Å². The van der Waals surface area contributed by atoms with Crippen molar-refractivity contribution in [3.05, 3.63) is 0 Å². The Hall–Kier alpha value is -0.570. The minimum absolute atomic E-state index is 0.153. The van der Waals surface area contributed by atoms with Gasteiger partial charge in [-0.15, -0.1) is 0 Å². The SMILES string of the molecule is CC(NC(=O)C1CCCC(N)C1)C(C)C1CCCCC1. The molecule has 0 aromatic carbocycles. The van der Waals surface area contributed by atoms with Crippen LogP contribution in [0, 0.1) is 17.8 Å². The Balaban J connectivity index is 1.80.